The summed E-state index contributed by atoms with van der Waals surface area (Å²) in [6.45, 7) is 5.52. The highest BCUT2D eigenvalue weighted by atomic mass is 16.5. The van der Waals surface area contributed by atoms with Crippen molar-refractivity contribution in [3.63, 3.8) is 0 Å². The largest absolute Gasteiger partial charge is 0.392 e. The standard InChI is InChI=1S/C25H37N2O4/c1-4-15-16-10-19-22-25(17-8-6-7-9-18(17)26(22)3)11-20(21(16)23(25)29)27(19,24(15)30)12-14(28)13-31-5-2/h6-9,14-16,19-24,28-30H,4-5,10-13H2,1-3H3/q+1/t14?,15-,16?,19-,20-,21?,22-,23?,24+,25?,27?/m0/s1. The van der Waals surface area contributed by atoms with Crippen LogP contribution >= 0.6 is 0 Å². The number of fused-ring (bicyclic) bond motifs is 2. The first-order valence-electron chi connectivity index (χ1n) is 12.2. The second-order valence-corrected chi connectivity index (χ2v) is 10.9. The predicted octanol–water partition coefficient (Wildman–Crippen LogP) is 1.47. The van der Waals surface area contributed by atoms with Gasteiger partial charge >= 0.3 is 0 Å². The molecule has 6 nitrogen and oxygen atoms in total. The normalized spacial score (nSPS) is 49.4. The molecule has 0 radical (unpaired) electrons. The monoisotopic (exact) mass is 429 g/mol. The number of hydrogen-bond donors (Lipinski definition) is 3. The molecule has 0 aromatic heterocycles. The van der Waals surface area contributed by atoms with Crippen molar-refractivity contribution in [3.8, 4) is 0 Å². The maximum absolute atomic E-state index is 12.0. The van der Waals surface area contributed by atoms with E-state index in [9.17, 15) is 15.3 Å². The molecule has 5 fully saturated rings. The Bertz CT molecular complexity index is 881. The summed E-state index contributed by atoms with van der Waals surface area (Å²) in [5, 5.41) is 34.9. The number of nitrogens with zero attached hydrogens (tertiary/aromatic N) is 2. The number of likely N-dealkylation sites (N-methyl/N-ethyl adjacent to an activating group) is 1. The van der Waals surface area contributed by atoms with Crippen molar-refractivity contribution < 1.29 is 24.5 Å². The minimum atomic E-state index is -0.607. The van der Waals surface area contributed by atoms with Crippen LogP contribution in [0.5, 0.6) is 0 Å². The summed E-state index contributed by atoms with van der Waals surface area (Å²) >= 11 is 0. The second-order valence-electron chi connectivity index (χ2n) is 10.9. The number of hydrogen-bond acceptors (Lipinski definition) is 5. The number of piperidine rings is 4. The number of aliphatic hydroxyl groups is 3. The Kier molecular flexibility index (Phi) is 4.40. The summed E-state index contributed by atoms with van der Waals surface area (Å²) in [6.07, 6.45) is 1.36. The lowest BCUT2D eigenvalue weighted by Crippen LogP contribution is -2.83. The van der Waals surface area contributed by atoms with Crippen LogP contribution in [0.3, 0.4) is 0 Å². The molecule has 1 aromatic rings. The molecule has 6 unspecified atom stereocenters. The fraction of sp³-hybridized carbons (Fsp3) is 0.760. The minimum absolute atomic E-state index is 0.151. The molecule has 6 aliphatic rings. The Morgan fingerprint density at radius 1 is 1.23 bits per heavy atom. The van der Waals surface area contributed by atoms with Crippen LogP contribution in [-0.2, 0) is 10.2 Å². The molecule has 6 heteroatoms. The molecular formula is C25H37N2O4+. The van der Waals surface area contributed by atoms with Gasteiger partial charge in [-0.05, 0) is 30.9 Å². The van der Waals surface area contributed by atoms with E-state index < -0.39 is 18.4 Å². The number of ether oxygens (including phenoxy) is 1. The van der Waals surface area contributed by atoms with E-state index in [1.54, 1.807) is 0 Å². The Labute approximate surface area is 185 Å². The molecule has 5 aliphatic heterocycles. The van der Waals surface area contributed by atoms with Crippen LogP contribution in [0.15, 0.2) is 24.3 Å². The zero-order chi connectivity index (χ0) is 21.7. The van der Waals surface area contributed by atoms with Gasteiger partial charge in [0, 0.05) is 44.0 Å². The second kappa shape index (κ2) is 6.67. The average Bonchev–Trinajstić information content (AvgIpc) is 3.15. The first kappa shape index (κ1) is 20.4. The SMILES string of the molecule is CCOCC(O)C[N+]12[C@H](O)[C@@H](CC)C3C[C@H]1[C@@H]1N(C)c4ccccc4C14C[C@H]2C3C4O. The maximum Gasteiger partial charge on any atom is 0.194 e. The fourth-order valence-corrected chi connectivity index (χ4v) is 9.43. The van der Waals surface area contributed by atoms with Gasteiger partial charge in [-0.25, -0.2) is 0 Å². The lowest BCUT2D eigenvalue weighted by atomic mass is 9.60. The van der Waals surface area contributed by atoms with Gasteiger partial charge in [0.1, 0.15) is 18.7 Å². The Morgan fingerprint density at radius 2 is 2.00 bits per heavy atom. The number of anilines is 1. The number of rotatable bonds is 6. The first-order chi connectivity index (χ1) is 14.9. The van der Waals surface area contributed by atoms with E-state index in [0.717, 1.165) is 19.3 Å². The van der Waals surface area contributed by atoms with E-state index in [4.69, 9.17) is 4.74 Å². The molecule has 7 rings (SSSR count). The van der Waals surface area contributed by atoms with Gasteiger partial charge in [0.05, 0.1) is 30.2 Å². The van der Waals surface area contributed by atoms with Gasteiger partial charge in [-0.2, -0.15) is 0 Å². The van der Waals surface area contributed by atoms with Crippen LogP contribution in [0.1, 0.15) is 38.7 Å². The number of benzene rings is 1. The zero-order valence-electron chi connectivity index (χ0n) is 18.9. The van der Waals surface area contributed by atoms with Gasteiger partial charge in [-0.1, -0.05) is 25.1 Å². The van der Waals surface area contributed by atoms with E-state index in [0.29, 0.717) is 30.2 Å². The molecular weight excluding hydrogens is 392 g/mol. The number of aliphatic hydroxyl groups excluding tert-OH is 3. The van der Waals surface area contributed by atoms with Crippen molar-refractivity contribution in [3.05, 3.63) is 29.8 Å². The molecule has 4 saturated heterocycles. The van der Waals surface area contributed by atoms with Crippen LogP contribution < -0.4 is 4.90 Å². The third-order valence-corrected chi connectivity index (χ3v) is 10.2. The highest BCUT2D eigenvalue weighted by Crippen LogP contribution is 2.71. The summed E-state index contributed by atoms with van der Waals surface area (Å²) in [7, 11) is 2.17. The summed E-state index contributed by atoms with van der Waals surface area (Å²) in [5.74, 6) is 0.731. The van der Waals surface area contributed by atoms with Gasteiger partial charge < -0.3 is 25.0 Å². The van der Waals surface area contributed by atoms with Crippen LogP contribution in [0.25, 0.3) is 0 Å². The van der Waals surface area contributed by atoms with Gasteiger partial charge in [-0.3, -0.25) is 4.48 Å². The molecule has 170 valence electrons. The van der Waals surface area contributed by atoms with Crippen LogP contribution in [-0.4, -0.2) is 83.2 Å². The molecule has 11 atom stereocenters. The van der Waals surface area contributed by atoms with Crippen molar-refractivity contribution >= 4 is 5.69 Å². The molecule has 1 saturated carbocycles. The molecule has 31 heavy (non-hydrogen) atoms. The van der Waals surface area contributed by atoms with Crippen LogP contribution in [0.2, 0.25) is 0 Å². The first-order valence-corrected chi connectivity index (χ1v) is 12.2. The molecule has 5 heterocycles. The third kappa shape index (κ3) is 2.17. The predicted molar refractivity (Wildman–Crippen MR) is 118 cm³/mol. The lowest BCUT2D eigenvalue weighted by Gasteiger charge is -2.68. The summed E-state index contributed by atoms with van der Waals surface area (Å²) < 4.78 is 6.12. The van der Waals surface area contributed by atoms with Crippen LogP contribution in [0, 0.1) is 17.8 Å². The highest BCUT2D eigenvalue weighted by molar-refractivity contribution is 5.66. The molecule has 3 N–H and O–H groups in total. The Hall–Kier alpha value is -1.18. The molecule has 1 aromatic carbocycles. The molecule has 5 bridgehead atoms. The Morgan fingerprint density at radius 3 is 2.74 bits per heavy atom. The van der Waals surface area contributed by atoms with Gasteiger partial charge in [0.2, 0.25) is 0 Å². The summed E-state index contributed by atoms with van der Waals surface area (Å²) in [5.41, 5.74) is 2.27. The molecule has 1 spiro atoms. The van der Waals surface area contributed by atoms with Gasteiger partial charge in [0.15, 0.2) is 6.23 Å². The van der Waals surface area contributed by atoms with E-state index in [-0.39, 0.29) is 35.4 Å². The summed E-state index contributed by atoms with van der Waals surface area (Å²) in [6, 6.07) is 9.16. The molecule has 1 aliphatic carbocycles. The summed E-state index contributed by atoms with van der Waals surface area (Å²) in [4.78, 5) is 2.39. The lowest BCUT2D eigenvalue weighted by molar-refractivity contribution is -1.04. The van der Waals surface area contributed by atoms with E-state index in [2.05, 4.69) is 43.1 Å². The van der Waals surface area contributed by atoms with Gasteiger partial charge in [0.25, 0.3) is 0 Å². The van der Waals surface area contributed by atoms with E-state index in [1.807, 2.05) is 6.92 Å². The highest BCUT2D eigenvalue weighted by Gasteiger charge is 2.83. The third-order valence-electron chi connectivity index (χ3n) is 10.2. The topological polar surface area (TPSA) is 73.2 Å². The Balaban J connectivity index is 1.52. The van der Waals surface area contributed by atoms with Gasteiger partial charge in [-0.15, -0.1) is 0 Å². The van der Waals surface area contributed by atoms with Crippen molar-refractivity contribution in [2.75, 3.05) is 31.7 Å². The van der Waals surface area contributed by atoms with E-state index >= 15 is 0 Å². The van der Waals surface area contributed by atoms with Crippen molar-refractivity contribution in [1.29, 1.82) is 0 Å². The van der Waals surface area contributed by atoms with E-state index in [1.165, 1.54) is 11.3 Å². The quantitative estimate of drug-likeness (QED) is 0.598. The zero-order valence-corrected chi connectivity index (χ0v) is 18.9. The smallest absolute Gasteiger partial charge is 0.194 e. The van der Waals surface area contributed by atoms with Crippen molar-refractivity contribution in [2.24, 2.45) is 17.8 Å². The van der Waals surface area contributed by atoms with Crippen molar-refractivity contribution in [1.82, 2.24) is 0 Å². The maximum atomic E-state index is 12.0. The van der Waals surface area contributed by atoms with Crippen LogP contribution in [0.4, 0.5) is 5.69 Å². The minimum Gasteiger partial charge on any atom is -0.392 e. The molecule has 0 amide bonds. The fourth-order valence-electron chi connectivity index (χ4n) is 9.43. The van der Waals surface area contributed by atoms with Crippen molar-refractivity contribution in [2.45, 2.75) is 75.1 Å². The average molecular weight is 430 g/mol. The number of para-hydroxylation sites is 1. The number of quaternary nitrogens is 1.